The van der Waals surface area contributed by atoms with Gasteiger partial charge in [0.05, 0.1) is 18.5 Å². The smallest absolute Gasteiger partial charge is 0.258 e. The van der Waals surface area contributed by atoms with Gasteiger partial charge in [-0.05, 0) is 36.4 Å². The summed E-state index contributed by atoms with van der Waals surface area (Å²) in [5.41, 5.74) is 2.21. The Labute approximate surface area is 147 Å². The lowest BCUT2D eigenvalue weighted by Gasteiger charge is -2.15. The fraction of sp³-hybridized carbons (Fsp3) is 0.0588. The maximum Gasteiger partial charge on any atom is 0.258 e. The van der Waals surface area contributed by atoms with E-state index in [4.69, 9.17) is 4.74 Å². The zero-order chi connectivity index (χ0) is 18.1. The van der Waals surface area contributed by atoms with E-state index in [9.17, 15) is 9.59 Å². The molecule has 9 heteroatoms. The minimum atomic E-state index is -0.442. The summed E-state index contributed by atoms with van der Waals surface area (Å²) in [4.78, 5) is 25.1. The Morgan fingerprint density at radius 2 is 1.73 bits per heavy atom. The van der Waals surface area contributed by atoms with Crippen LogP contribution in [0, 0.1) is 0 Å². The van der Waals surface area contributed by atoms with E-state index in [0.29, 0.717) is 33.8 Å². The first kappa shape index (κ1) is 15.6. The molecule has 1 N–H and O–H groups in total. The largest absolute Gasteiger partial charge is 0.497 e. The molecule has 9 nitrogen and oxygen atoms in total. The molecule has 0 atom stereocenters. The molecule has 0 spiro atoms. The summed E-state index contributed by atoms with van der Waals surface area (Å²) in [5.74, 6) is -0.186. The molecule has 0 fully saturated rings. The molecule has 1 aromatic heterocycles. The molecule has 128 valence electrons. The minimum absolute atomic E-state index is 0.300. The fourth-order valence-electron chi connectivity index (χ4n) is 2.57. The van der Waals surface area contributed by atoms with Crippen LogP contribution in [0.4, 0.5) is 17.1 Å². The van der Waals surface area contributed by atoms with Crippen LogP contribution in [0.3, 0.4) is 0 Å². The number of rotatable bonds is 4. The number of ether oxygens (including phenoxy) is 1. The Hall–Kier alpha value is -3.88. The second-order valence-electron chi connectivity index (χ2n) is 5.38. The molecule has 1 aliphatic heterocycles. The van der Waals surface area contributed by atoms with Crippen LogP contribution in [-0.4, -0.2) is 34.3 Å². The van der Waals surface area contributed by atoms with Crippen molar-refractivity contribution in [2.24, 2.45) is 10.2 Å². The van der Waals surface area contributed by atoms with Gasteiger partial charge in [-0.2, -0.15) is 5.11 Å². The molecule has 0 bridgehead atoms. The number of amides is 2. The fourth-order valence-corrected chi connectivity index (χ4v) is 2.57. The number of azo groups is 1. The number of aromatic nitrogens is 3. The van der Waals surface area contributed by atoms with Crippen LogP contribution >= 0.6 is 0 Å². The van der Waals surface area contributed by atoms with E-state index in [-0.39, 0.29) is 0 Å². The lowest BCUT2D eigenvalue weighted by atomic mass is 10.2. The molecule has 2 amide bonds. The first-order valence-corrected chi connectivity index (χ1v) is 7.63. The van der Waals surface area contributed by atoms with Gasteiger partial charge >= 0.3 is 0 Å². The average Bonchev–Trinajstić information content (AvgIpc) is 3.27. The third-order valence-electron chi connectivity index (χ3n) is 3.84. The zero-order valence-corrected chi connectivity index (χ0v) is 13.6. The number of aromatic amines is 1. The second-order valence-corrected chi connectivity index (χ2v) is 5.38. The highest BCUT2D eigenvalue weighted by Crippen LogP contribution is 2.37. The van der Waals surface area contributed by atoms with Crippen LogP contribution in [-0.2, 0) is 9.59 Å². The summed E-state index contributed by atoms with van der Waals surface area (Å²) in [6.07, 6.45) is 2.42. The van der Waals surface area contributed by atoms with Crippen molar-refractivity contribution in [1.29, 1.82) is 0 Å². The molecule has 4 rings (SSSR count). The van der Waals surface area contributed by atoms with E-state index >= 15 is 0 Å². The van der Waals surface area contributed by atoms with Crippen molar-refractivity contribution in [3.8, 4) is 5.75 Å². The summed E-state index contributed by atoms with van der Waals surface area (Å²) >= 11 is 0. The summed E-state index contributed by atoms with van der Waals surface area (Å²) < 4.78 is 5.11. The third kappa shape index (κ3) is 2.61. The van der Waals surface area contributed by atoms with Crippen LogP contribution in [0.2, 0.25) is 0 Å². The van der Waals surface area contributed by atoms with E-state index in [2.05, 4.69) is 25.6 Å². The summed E-state index contributed by atoms with van der Waals surface area (Å²) in [5, 5.41) is 18.8. The standard InChI is InChI=1S/C17H12N6O3/c1-26-11-4-2-10(3-5-11)18-20-17-13(23-14(24)8-9-15(23)25)7-6-12-16(17)21-22-19-12/h2-9H,1H3,(H,19,21,22)/b20-18+. The van der Waals surface area contributed by atoms with Crippen molar-refractivity contribution in [1.82, 2.24) is 15.4 Å². The second kappa shape index (κ2) is 6.20. The number of methoxy groups -OCH3 is 1. The van der Waals surface area contributed by atoms with Crippen LogP contribution in [0.1, 0.15) is 0 Å². The number of anilines is 1. The van der Waals surface area contributed by atoms with Gasteiger partial charge in [-0.1, -0.05) is 5.21 Å². The molecular formula is C17H12N6O3. The number of nitrogens with zero attached hydrogens (tertiary/aromatic N) is 5. The Bertz CT molecular complexity index is 1050. The van der Waals surface area contributed by atoms with Crippen molar-refractivity contribution < 1.29 is 14.3 Å². The van der Waals surface area contributed by atoms with Gasteiger partial charge in [0.25, 0.3) is 11.8 Å². The molecule has 26 heavy (non-hydrogen) atoms. The molecule has 0 aliphatic carbocycles. The lowest BCUT2D eigenvalue weighted by Crippen LogP contribution is -2.29. The minimum Gasteiger partial charge on any atom is -0.497 e. The molecule has 0 saturated heterocycles. The topological polar surface area (TPSA) is 113 Å². The number of imide groups is 1. The van der Waals surface area contributed by atoms with Crippen molar-refractivity contribution in [2.75, 3.05) is 12.0 Å². The van der Waals surface area contributed by atoms with E-state index < -0.39 is 11.8 Å². The van der Waals surface area contributed by atoms with Crippen molar-refractivity contribution in [3.63, 3.8) is 0 Å². The van der Waals surface area contributed by atoms with Gasteiger partial charge in [0.2, 0.25) is 0 Å². The number of fused-ring (bicyclic) bond motifs is 1. The van der Waals surface area contributed by atoms with Gasteiger partial charge in [-0.15, -0.1) is 10.2 Å². The monoisotopic (exact) mass is 348 g/mol. The van der Waals surface area contributed by atoms with E-state index in [0.717, 1.165) is 4.90 Å². The molecule has 0 radical (unpaired) electrons. The van der Waals surface area contributed by atoms with Gasteiger partial charge in [0, 0.05) is 12.2 Å². The van der Waals surface area contributed by atoms with Gasteiger partial charge in [-0.25, -0.2) is 4.90 Å². The van der Waals surface area contributed by atoms with Gasteiger partial charge in [0.15, 0.2) is 0 Å². The highest BCUT2D eigenvalue weighted by Gasteiger charge is 2.28. The summed E-state index contributed by atoms with van der Waals surface area (Å²) in [6.45, 7) is 0. The number of hydrogen-bond acceptors (Lipinski definition) is 7. The normalized spacial score (nSPS) is 14.1. The van der Waals surface area contributed by atoms with E-state index in [1.54, 1.807) is 43.5 Å². The lowest BCUT2D eigenvalue weighted by molar-refractivity contribution is -0.119. The number of hydrogen-bond donors (Lipinski definition) is 1. The van der Waals surface area contributed by atoms with Gasteiger partial charge in [0.1, 0.15) is 22.5 Å². The predicted octanol–water partition coefficient (Wildman–Crippen LogP) is 2.81. The highest BCUT2D eigenvalue weighted by molar-refractivity contribution is 6.29. The van der Waals surface area contributed by atoms with Gasteiger partial charge in [-0.3, -0.25) is 14.7 Å². The quantitative estimate of drug-likeness (QED) is 0.575. The Morgan fingerprint density at radius 3 is 2.42 bits per heavy atom. The maximum absolute atomic E-state index is 12.0. The Kier molecular flexibility index (Phi) is 3.73. The highest BCUT2D eigenvalue weighted by atomic mass is 16.5. The number of carbonyl (C=O) groups is 2. The summed E-state index contributed by atoms with van der Waals surface area (Å²) in [6, 6.07) is 10.2. The van der Waals surface area contributed by atoms with Crippen LogP contribution in [0.5, 0.6) is 5.75 Å². The van der Waals surface area contributed by atoms with Crippen molar-refractivity contribution in [2.45, 2.75) is 0 Å². The number of H-pyrrole nitrogens is 1. The SMILES string of the molecule is COc1ccc(/N=N/c2c(N3C(=O)C=CC3=O)ccc3nn[nH]c23)cc1. The first-order valence-electron chi connectivity index (χ1n) is 7.63. The maximum atomic E-state index is 12.0. The van der Waals surface area contributed by atoms with E-state index in [1.165, 1.54) is 12.2 Å². The zero-order valence-electron chi connectivity index (χ0n) is 13.6. The van der Waals surface area contributed by atoms with Crippen LogP contribution < -0.4 is 9.64 Å². The van der Waals surface area contributed by atoms with Gasteiger partial charge < -0.3 is 4.74 Å². The molecule has 1 aliphatic rings. The number of nitrogens with one attached hydrogen (secondary N) is 1. The average molecular weight is 348 g/mol. The third-order valence-corrected chi connectivity index (χ3v) is 3.84. The Balaban J connectivity index is 1.80. The molecular weight excluding hydrogens is 336 g/mol. The van der Waals surface area contributed by atoms with Crippen molar-refractivity contribution in [3.05, 3.63) is 48.6 Å². The molecule has 0 unspecified atom stereocenters. The van der Waals surface area contributed by atoms with Crippen molar-refractivity contribution >= 4 is 39.9 Å². The van der Waals surface area contributed by atoms with Crippen LogP contribution in [0.25, 0.3) is 11.0 Å². The van der Waals surface area contributed by atoms with E-state index in [1.807, 2.05) is 0 Å². The molecule has 0 saturated carbocycles. The number of benzene rings is 2. The predicted molar refractivity (Wildman–Crippen MR) is 92.7 cm³/mol. The molecule has 2 aromatic carbocycles. The molecule has 3 aromatic rings. The number of carbonyl (C=O) groups excluding carboxylic acids is 2. The Morgan fingerprint density at radius 1 is 1.00 bits per heavy atom. The molecule has 2 heterocycles. The van der Waals surface area contributed by atoms with Crippen LogP contribution in [0.15, 0.2) is 58.8 Å². The first-order chi connectivity index (χ1) is 12.7. The summed E-state index contributed by atoms with van der Waals surface area (Å²) in [7, 11) is 1.58.